The number of likely N-dealkylation sites (tertiary alicyclic amines) is 1. The lowest BCUT2D eigenvalue weighted by atomic mass is 10.1. The van der Waals surface area contributed by atoms with E-state index in [9.17, 15) is 9.18 Å². The van der Waals surface area contributed by atoms with Gasteiger partial charge in [0, 0.05) is 38.3 Å². The fourth-order valence-electron chi connectivity index (χ4n) is 3.06. The molecule has 1 heterocycles. The standard InChI is InChI=1S/C20H31FN4O2/c1-4-22-20(25-12-8-17(9-13-25)27-5-2)24-11-10-23-19(26)16-7-6-15(3)18(21)14-16/h6-7,14,17H,4-5,8-13H2,1-3H3,(H,22,24)(H,23,26). The summed E-state index contributed by atoms with van der Waals surface area (Å²) in [5, 5.41) is 6.10. The third-order valence-electron chi connectivity index (χ3n) is 4.57. The van der Waals surface area contributed by atoms with Gasteiger partial charge in [0.15, 0.2) is 5.96 Å². The number of amides is 1. The van der Waals surface area contributed by atoms with Crippen LogP contribution in [0.4, 0.5) is 4.39 Å². The molecule has 1 amide bonds. The monoisotopic (exact) mass is 378 g/mol. The summed E-state index contributed by atoms with van der Waals surface area (Å²) in [6, 6.07) is 4.50. The molecule has 1 aliphatic rings. The molecule has 0 spiro atoms. The molecule has 6 nitrogen and oxygen atoms in total. The SMILES string of the molecule is CCNC(=NCCNC(=O)c1ccc(C)c(F)c1)N1CCC(OCC)CC1. The van der Waals surface area contributed by atoms with Crippen molar-refractivity contribution in [2.75, 3.05) is 39.3 Å². The van der Waals surface area contributed by atoms with Gasteiger partial charge in [0.1, 0.15) is 5.82 Å². The van der Waals surface area contributed by atoms with Gasteiger partial charge in [-0.3, -0.25) is 9.79 Å². The van der Waals surface area contributed by atoms with Crippen molar-refractivity contribution < 1.29 is 13.9 Å². The van der Waals surface area contributed by atoms with Crippen LogP contribution in [-0.2, 0) is 4.74 Å². The van der Waals surface area contributed by atoms with Crippen molar-refractivity contribution in [2.45, 2.75) is 39.7 Å². The Hall–Kier alpha value is -2.15. The first-order valence-electron chi connectivity index (χ1n) is 9.74. The molecule has 0 unspecified atom stereocenters. The van der Waals surface area contributed by atoms with Crippen molar-refractivity contribution >= 4 is 11.9 Å². The Morgan fingerprint density at radius 2 is 2.04 bits per heavy atom. The molecule has 150 valence electrons. The molecule has 0 radical (unpaired) electrons. The van der Waals surface area contributed by atoms with Crippen LogP contribution >= 0.6 is 0 Å². The quantitative estimate of drug-likeness (QED) is 0.434. The van der Waals surface area contributed by atoms with E-state index < -0.39 is 0 Å². The van der Waals surface area contributed by atoms with Crippen LogP contribution < -0.4 is 10.6 Å². The minimum atomic E-state index is -0.370. The van der Waals surface area contributed by atoms with Gasteiger partial charge in [-0.1, -0.05) is 6.07 Å². The average molecular weight is 378 g/mol. The van der Waals surface area contributed by atoms with E-state index in [0.29, 0.717) is 30.3 Å². The van der Waals surface area contributed by atoms with Gasteiger partial charge < -0.3 is 20.3 Å². The van der Waals surface area contributed by atoms with Crippen molar-refractivity contribution in [3.63, 3.8) is 0 Å². The van der Waals surface area contributed by atoms with Crippen LogP contribution in [0.2, 0.25) is 0 Å². The summed E-state index contributed by atoms with van der Waals surface area (Å²) in [6.07, 6.45) is 2.32. The molecule has 0 aliphatic carbocycles. The number of carbonyl (C=O) groups excluding carboxylic acids is 1. The van der Waals surface area contributed by atoms with Crippen LogP contribution in [0.15, 0.2) is 23.2 Å². The molecular formula is C20H31FN4O2. The number of nitrogens with zero attached hydrogens (tertiary/aromatic N) is 2. The number of carbonyl (C=O) groups is 1. The summed E-state index contributed by atoms with van der Waals surface area (Å²) in [4.78, 5) is 19.0. The zero-order valence-corrected chi connectivity index (χ0v) is 16.6. The predicted molar refractivity (Wildman–Crippen MR) is 106 cm³/mol. The van der Waals surface area contributed by atoms with E-state index in [1.54, 1.807) is 19.1 Å². The van der Waals surface area contributed by atoms with Gasteiger partial charge in [-0.25, -0.2) is 4.39 Å². The van der Waals surface area contributed by atoms with Crippen molar-refractivity contribution in [3.05, 3.63) is 35.1 Å². The van der Waals surface area contributed by atoms with E-state index in [1.807, 2.05) is 13.8 Å². The molecule has 2 N–H and O–H groups in total. The topological polar surface area (TPSA) is 66.0 Å². The molecule has 1 saturated heterocycles. The van der Waals surface area contributed by atoms with Crippen LogP contribution in [0.3, 0.4) is 0 Å². The molecule has 1 aromatic rings. The van der Waals surface area contributed by atoms with Crippen LogP contribution in [0, 0.1) is 12.7 Å². The lowest BCUT2D eigenvalue weighted by molar-refractivity contribution is 0.0264. The Morgan fingerprint density at radius 1 is 1.30 bits per heavy atom. The second kappa shape index (κ2) is 10.9. The fraction of sp³-hybridized carbons (Fsp3) is 0.600. The summed E-state index contributed by atoms with van der Waals surface area (Å²) in [5.74, 6) is 0.209. The highest BCUT2D eigenvalue weighted by Gasteiger charge is 2.21. The molecule has 1 aliphatic heterocycles. The van der Waals surface area contributed by atoms with E-state index in [4.69, 9.17) is 4.74 Å². The average Bonchev–Trinajstić information content (AvgIpc) is 2.67. The molecule has 2 rings (SSSR count). The summed E-state index contributed by atoms with van der Waals surface area (Å²) < 4.78 is 19.3. The Kier molecular flexibility index (Phi) is 8.51. The van der Waals surface area contributed by atoms with Gasteiger partial charge in [-0.2, -0.15) is 0 Å². The summed E-state index contributed by atoms with van der Waals surface area (Å²) in [7, 11) is 0. The number of hydrogen-bond acceptors (Lipinski definition) is 3. The molecule has 1 fully saturated rings. The van der Waals surface area contributed by atoms with Gasteiger partial charge in [0.2, 0.25) is 0 Å². The molecule has 1 aromatic carbocycles. The number of rotatable bonds is 7. The minimum absolute atomic E-state index is 0.286. The highest BCUT2D eigenvalue weighted by Crippen LogP contribution is 2.13. The van der Waals surface area contributed by atoms with Crippen molar-refractivity contribution in [1.29, 1.82) is 0 Å². The number of ether oxygens (including phenoxy) is 1. The number of aliphatic imine (C=N–C) groups is 1. The molecule has 0 atom stereocenters. The van der Waals surface area contributed by atoms with Gasteiger partial charge in [-0.05, 0) is 51.3 Å². The Morgan fingerprint density at radius 3 is 2.67 bits per heavy atom. The van der Waals surface area contributed by atoms with Gasteiger partial charge >= 0.3 is 0 Å². The van der Waals surface area contributed by atoms with Crippen LogP contribution in [0.5, 0.6) is 0 Å². The Bertz CT molecular complexity index is 643. The largest absolute Gasteiger partial charge is 0.378 e. The molecular weight excluding hydrogens is 347 g/mol. The fourth-order valence-corrected chi connectivity index (χ4v) is 3.06. The summed E-state index contributed by atoms with van der Waals surface area (Å²) in [5.41, 5.74) is 0.853. The first-order chi connectivity index (χ1) is 13.0. The number of piperidine rings is 1. The second-order valence-corrected chi connectivity index (χ2v) is 6.60. The smallest absolute Gasteiger partial charge is 0.251 e. The molecule has 7 heteroatoms. The zero-order valence-electron chi connectivity index (χ0n) is 16.6. The number of hydrogen-bond donors (Lipinski definition) is 2. The van der Waals surface area contributed by atoms with Gasteiger partial charge in [0.25, 0.3) is 5.91 Å². The van der Waals surface area contributed by atoms with E-state index >= 15 is 0 Å². The number of nitrogens with one attached hydrogen (secondary N) is 2. The maximum atomic E-state index is 13.6. The van der Waals surface area contributed by atoms with Crippen LogP contribution in [-0.4, -0.2) is 62.2 Å². The lowest BCUT2D eigenvalue weighted by Crippen LogP contribution is -2.47. The molecule has 0 aromatic heterocycles. The lowest BCUT2D eigenvalue weighted by Gasteiger charge is -2.34. The third-order valence-corrected chi connectivity index (χ3v) is 4.57. The Balaban J connectivity index is 1.82. The summed E-state index contributed by atoms with van der Waals surface area (Å²) in [6.45, 7) is 9.96. The third kappa shape index (κ3) is 6.50. The number of aryl methyl sites for hydroxylation is 1. The highest BCUT2D eigenvalue weighted by atomic mass is 19.1. The first-order valence-corrected chi connectivity index (χ1v) is 9.74. The normalized spacial score (nSPS) is 15.7. The highest BCUT2D eigenvalue weighted by molar-refractivity contribution is 5.94. The molecule has 0 bridgehead atoms. The van der Waals surface area contributed by atoms with E-state index in [2.05, 4.69) is 20.5 Å². The van der Waals surface area contributed by atoms with Crippen LogP contribution in [0.1, 0.15) is 42.6 Å². The van der Waals surface area contributed by atoms with E-state index in [-0.39, 0.29) is 11.7 Å². The van der Waals surface area contributed by atoms with Crippen molar-refractivity contribution in [1.82, 2.24) is 15.5 Å². The van der Waals surface area contributed by atoms with Gasteiger partial charge in [-0.15, -0.1) is 0 Å². The molecule has 0 saturated carbocycles. The molecule has 27 heavy (non-hydrogen) atoms. The predicted octanol–water partition coefficient (Wildman–Crippen LogP) is 2.33. The Labute approximate surface area is 161 Å². The number of benzene rings is 1. The van der Waals surface area contributed by atoms with E-state index in [0.717, 1.165) is 45.0 Å². The minimum Gasteiger partial charge on any atom is -0.378 e. The second-order valence-electron chi connectivity index (χ2n) is 6.60. The van der Waals surface area contributed by atoms with Crippen LogP contribution in [0.25, 0.3) is 0 Å². The number of halogens is 1. The maximum absolute atomic E-state index is 13.6. The summed E-state index contributed by atoms with van der Waals surface area (Å²) >= 11 is 0. The number of guanidine groups is 1. The zero-order chi connectivity index (χ0) is 19.6. The van der Waals surface area contributed by atoms with Gasteiger partial charge in [0.05, 0.1) is 12.6 Å². The first kappa shape index (κ1) is 21.2. The maximum Gasteiger partial charge on any atom is 0.251 e. The van der Waals surface area contributed by atoms with E-state index in [1.165, 1.54) is 6.07 Å². The van der Waals surface area contributed by atoms with Crippen molar-refractivity contribution in [2.24, 2.45) is 4.99 Å². The van der Waals surface area contributed by atoms with Crippen molar-refractivity contribution in [3.8, 4) is 0 Å².